The van der Waals surface area contributed by atoms with Crippen LogP contribution in [0.2, 0.25) is 0 Å². The van der Waals surface area contributed by atoms with Crippen molar-refractivity contribution in [3.63, 3.8) is 0 Å². The van der Waals surface area contributed by atoms with Crippen molar-refractivity contribution in [1.82, 2.24) is 4.98 Å². The third-order valence-electron chi connectivity index (χ3n) is 9.03. The molecule has 7 aromatic rings. The molecule has 48 heavy (non-hydrogen) atoms. The second-order valence-corrected chi connectivity index (χ2v) is 14.5. The van der Waals surface area contributed by atoms with E-state index in [1.165, 1.54) is 22.1 Å². The number of phenols is 1. The van der Waals surface area contributed by atoms with E-state index in [4.69, 9.17) is 14.4 Å². The minimum Gasteiger partial charge on any atom is -0.507 e. The minimum absolute atomic E-state index is 0.0524. The van der Waals surface area contributed by atoms with Crippen LogP contribution in [-0.2, 0) is 10.8 Å². The molecule has 6 aromatic carbocycles. The number of aliphatic imine (C=N–C) groups is 1. The van der Waals surface area contributed by atoms with Crippen molar-refractivity contribution in [3.05, 3.63) is 138 Å². The molecule has 0 atom stereocenters. The molecule has 0 amide bonds. The molecule has 0 fully saturated rings. The Bertz CT molecular complexity index is 2320. The first-order valence-electron chi connectivity index (χ1n) is 16.5. The van der Waals surface area contributed by atoms with Gasteiger partial charge >= 0.3 is 0 Å². The third kappa shape index (κ3) is 5.91. The van der Waals surface area contributed by atoms with E-state index in [1.807, 2.05) is 36.4 Å². The van der Waals surface area contributed by atoms with E-state index in [2.05, 4.69) is 120 Å². The Labute approximate surface area is 282 Å². The first kappa shape index (κ1) is 31.1. The summed E-state index contributed by atoms with van der Waals surface area (Å²) in [6.45, 7) is 13.1. The lowest BCUT2D eigenvalue weighted by molar-refractivity contribution is 0.473. The summed E-state index contributed by atoms with van der Waals surface area (Å²) in [6, 6.07) is 41.5. The number of aromatic hydroxyl groups is 1. The van der Waals surface area contributed by atoms with Gasteiger partial charge in [-0.05, 0) is 85.8 Å². The van der Waals surface area contributed by atoms with E-state index in [1.54, 1.807) is 12.3 Å². The van der Waals surface area contributed by atoms with Crippen LogP contribution in [0.1, 0.15) is 58.2 Å². The number of fused-ring (bicyclic) bond motifs is 2. The second-order valence-electron chi connectivity index (χ2n) is 14.5. The van der Waals surface area contributed by atoms with Crippen molar-refractivity contribution in [2.75, 3.05) is 0 Å². The number of phenolic OH excluding ortho intramolecular Hbond substituents is 1. The largest absolute Gasteiger partial charge is 0.507 e. The van der Waals surface area contributed by atoms with Gasteiger partial charge in [-0.15, -0.1) is 0 Å². The summed E-state index contributed by atoms with van der Waals surface area (Å²) >= 11 is 0. The van der Waals surface area contributed by atoms with Crippen LogP contribution in [0.25, 0.3) is 55.6 Å². The fourth-order valence-corrected chi connectivity index (χ4v) is 6.22. The van der Waals surface area contributed by atoms with Gasteiger partial charge in [-0.1, -0.05) is 126 Å². The van der Waals surface area contributed by atoms with Crippen LogP contribution in [0.3, 0.4) is 0 Å². The zero-order valence-electron chi connectivity index (χ0n) is 28.4. The van der Waals surface area contributed by atoms with E-state index in [0.29, 0.717) is 17.1 Å². The predicted octanol–water partition coefficient (Wildman–Crippen LogP) is 12.0. The average molecular weight is 629 g/mol. The topological polar surface area (TPSA) is 58.6 Å². The molecule has 0 bridgehead atoms. The SMILES string of the molecule is CC(C)(C)c1ccc(O)c(C=Nc2ccccc2-c2nc3c(-c4ccc(-c5ccccc5)c5ccccc45)cc(C(C)(C)C)cc3o2)c1. The van der Waals surface area contributed by atoms with Gasteiger partial charge in [-0.2, -0.15) is 0 Å². The van der Waals surface area contributed by atoms with Gasteiger partial charge in [0.2, 0.25) is 5.89 Å². The van der Waals surface area contributed by atoms with Gasteiger partial charge < -0.3 is 9.52 Å². The highest BCUT2D eigenvalue weighted by Crippen LogP contribution is 2.42. The number of aromatic nitrogens is 1. The third-order valence-corrected chi connectivity index (χ3v) is 9.03. The van der Waals surface area contributed by atoms with Crippen molar-refractivity contribution in [2.45, 2.75) is 52.4 Å². The van der Waals surface area contributed by atoms with Crippen LogP contribution < -0.4 is 0 Å². The number of oxazole rings is 1. The molecule has 0 unspecified atom stereocenters. The van der Waals surface area contributed by atoms with Gasteiger partial charge in [-0.3, -0.25) is 4.99 Å². The van der Waals surface area contributed by atoms with E-state index < -0.39 is 0 Å². The Balaban J connectivity index is 1.39. The Morgan fingerprint density at radius 3 is 1.98 bits per heavy atom. The number of rotatable bonds is 5. The van der Waals surface area contributed by atoms with Crippen molar-refractivity contribution in [3.8, 4) is 39.5 Å². The number of benzene rings is 6. The van der Waals surface area contributed by atoms with E-state index in [-0.39, 0.29) is 16.6 Å². The molecule has 1 heterocycles. The Morgan fingerprint density at radius 2 is 1.25 bits per heavy atom. The van der Waals surface area contributed by atoms with Crippen molar-refractivity contribution < 1.29 is 9.52 Å². The van der Waals surface area contributed by atoms with Crippen LogP contribution in [0.5, 0.6) is 5.75 Å². The summed E-state index contributed by atoms with van der Waals surface area (Å²) in [5, 5.41) is 13.0. The standard InChI is InChI=1S/C44H40N2O2/c1-43(2,3)30-20-23-39(47)29(24-30)27-45-38-19-13-12-18-36(38)42-46-41-37(25-31(44(4,5)6)26-40(41)48-42)35-22-21-32(28-14-8-7-9-15-28)33-16-10-11-17-34(33)35/h7-27,47H,1-6H3. The fourth-order valence-electron chi connectivity index (χ4n) is 6.22. The predicted molar refractivity (Wildman–Crippen MR) is 201 cm³/mol. The molecule has 0 aliphatic heterocycles. The summed E-state index contributed by atoms with van der Waals surface area (Å²) < 4.78 is 6.60. The Kier molecular flexibility index (Phi) is 7.75. The molecule has 0 saturated heterocycles. The van der Waals surface area contributed by atoms with Crippen molar-refractivity contribution >= 4 is 33.8 Å². The molecule has 4 heteroatoms. The van der Waals surface area contributed by atoms with Crippen molar-refractivity contribution in [2.24, 2.45) is 4.99 Å². The number of nitrogens with zero attached hydrogens (tertiary/aromatic N) is 2. The lowest BCUT2D eigenvalue weighted by Gasteiger charge is -2.20. The molecule has 4 nitrogen and oxygen atoms in total. The monoisotopic (exact) mass is 628 g/mol. The highest BCUT2D eigenvalue weighted by atomic mass is 16.3. The molecular weight excluding hydrogens is 588 g/mol. The van der Waals surface area contributed by atoms with Crippen LogP contribution >= 0.6 is 0 Å². The maximum atomic E-state index is 10.6. The van der Waals surface area contributed by atoms with Crippen LogP contribution in [0.15, 0.2) is 131 Å². The summed E-state index contributed by atoms with van der Waals surface area (Å²) in [5.41, 5.74) is 10.4. The molecule has 0 aliphatic rings. The van der Waals surface area contributed by atoms with Crippen LogP contribution in [0, 0.1) is 0 Å². The normalized spacial score (nSPS) is 12.4. The van der Waals surface area contributed by atoms with Gasteiger partial charge in [0.05, 0.1) is 11.3 Å². The smallest absolute Gasteiger partial charge is 0.229 e. The van der Waals surface area contributed by atoms with Gasteiger partial charge in [0, 0.05) is 17.3 Å². The Morgan fingerprint density at radius 1 is 0.604 bits per heavy atom. The van der Waals surface area contributed by atoms with Gasteiger partial charge in [-0.25, -0.2) is 4.98 Å². The fraction of sp³-hybridized carbons (Fsp3) is 0.182. The molecule has 7 rings (SSSR count). The maximum Gasteiger partial charge on any atom is 0.229 e. The molecule has 1 aromatic heterocycles. The number of hydrogen-bond acceptors (Lipinski definition) is 4. The van der Waals surface area contributed by atoms with Gasteiger partial charge in [0.1, 0.15) is 11.3 Å². The first-order valence-corrected chi connectivity index (χ1v) is 16.5. The van der Waals surface area contributed by atoms with E-state index >= 15 is 0 Å². The van der Waals surface area contributed by atoms with Gasteiger partial charge in [0.15, 0.2) is 5.58 Å². The molecule has 0 spiro atoms. The van der Waals surface area contributed by atoms with Gasteiger partial charge in [0.25, 0.3) is 0 Å². The zero-order valence-corrected chi connectivity index (χ0v) is 28.4. The Hall–Kier alpha value is -5.48. The zero-order chi connectivity index (χ0) is 33.6. The lowest BCUT2D eigenvalue weighted by Crippen LogP contribution is -2.11. The molecule has 1 N–H and O–H groups in total. The highest BCUT2D eigenvalue weighted by Gasteiger charge is 2.23. The summed E-state index contributed by atoms with van der Waals surface area (Å²) in [5.74, 6) is 0.693. The van der Waals surface area contributed by atoms with E-state index in [0.717, 1.165) is 38.7 Å². The summed E-state index contributed by atoms with van der Waals surface area (Å²) in [4.78, 5) is 10.00. The highest BCUT2D eigenvalue weighted by molar-refractivity contribution is 6.08. The minimum atomic E-state index is -0.110. The average Bonchev–Trinajstić information content (AvgIpc) is 3.51. The summed E-state index contributed by atoms with van der Waals surface area (Å²) in [6.07, 6.45) is 1.72. The van der Waals surface area contributed by atoms with E-state index in [9.17, 15) is 5.11 Å². The quantitative estimate of drug-likeness (QED) is 0.193. The van der Waals surface area contributed by atoms with Crippen LogP contribution in [0.4, 0.5) is 5.69 Å². The molecule has 238 valence electrons. The molecule has 0 saturated carbocycles. The maximum absolute atomic E-state index is 10.6. The molecular formula is C44H40N2O2. The number of para-hydroxylation sites is 1. The first-order chi connectivity index (χ1) is 23.0. The van der Waals surface area contributed by atoms with Crippen molar-refractivity contribution in [1.29, 1.82) is 0 Å². The molecule has 0 radical (unpaired) electrons. The lowest BCUT2D eigenvalue weighted by atomic mass is 9.84. The molecule has 0 aliphatic carbocycles. The summed E-state index contributed by atoms with van der Waals surface area (Å²) in [7, 11) is 0. The van der Waals surface area contributed by atoms with Crippen LogP contribution in [-0.4, -0.2) is 16.3 Å². The number of hydrogen-bond donors (Lipinski definition) is 1. The second kappa shape index (κ2) is 12.0.